The van der Waals surface area contributed by atoms with Crippen molar-refractivity contribution in [3.63, 3.8) is 0 Å². The van der Waals surface area contributed by atoms with Crippen LogP contribution in [0.5, 0.6) is 0 Å². The maximum absolute atomic E-state index is 13.6. The fourth-order valence-corrected chi connectivity index (χ4v) is 4.18. The number of fused-ring (bicyclic) bond motifs is 1. The van der Waals surface area contributed by atoms with Crippen molar-refractivity contribution in [1.29, 1.82) is 0 Å². The molecule has 0 fully saturated rings. The molecule has 0 spiro atoms. The van der Waals surface area contributed by atoms with E-state index < -0.39 is 29.6 Å². The Morgan fingerprint density at radius 1 is 0.897 bits per heavy atom. The van der Waals surface area contributed by atoms with Crippen LogP contribution in [0.3, 0.4) is 0 Å². The number of nitrogens with zero attached hydrogens (tertiary/aromatic N) is 1. The van der Waals surface area contributed by atoms with Gasteiger partial charge in [0.15, 0.2) is 0 Å². The van der Waals surface area contributed by atoms with E-state index in [-0.39, 0.29) is 17.1 Å². The van der Waals surface area contributed by atoms with Crippen LogP contribution in [0.25, 0.3) is 5.70 Å². The topological polar surface area (TPSA) is 36.4 Å². The highest BCUT2D eigenvalue weighted by molar-refractivity contribution is 6.08. The van der Waals surface area contributed by atoms with Gasteiger partial charge in [0.25, 0.3) is 0 Å². The Morgan fingerprint density at radius 2 is 1.54 bits per heavy atom. The van der Waals surface area contributed by atoms with Crippen LogP contribution in [0.1, 0.15) is 72.7 Å². The van der Waals surface area contributed by atoms with Gasteiger partial charge in [0, 0.05) is 28.1 Å². The zero-order chi connectivity index (χ0) is 28.8. The molecule has 0 saturated carbocycles. The quantitative estimate of drug-likeness (QED) is 0.312. The summed E-state index contributed by atoms with van der Waals surface area (Å²) in [6.07, 6.45) is -6.02. The third kappa shape index (κ3) is 7.43. The van der Waals surface area contributed by atoms with E-state index >= 15 is 0 Å². The number of anilines is 1. The number of alkyl halides is 6. The normalized spacial score (nSPS) is 14.8. The van der Waals surface area contributed by atoms with E-state index in [9.17, 15) is 26.3 Å². The number of amidine groups is 1. The number of para-hydroxylation sites is 1. The number of nitrogens with one attached hydrogen (secondary N) is 2. The summed E-state index contributed by atoms with van der Waals surface area (Å²) in [6, 6.07) is 15.3. The molecule has 3 aromatic carbocycles. The standard InChI is InChI=1S/C25H19F6N3.C5H12/c1-14-13-16(24(26,27)28)11-12-17(14)15(2)32-23-19-8-4-6-10-21(19)33-22(34-23)18-7-3-5-9-20(18)25(29,30)31;1-3-5-4-2/h3-13,22,33H,2H2,1H3,(H,32,34);3-5H2,1-2H3. The molecule has 0 saturated heterocycles. The van der Waals surface area contributed by atoms with Gasteiger partial charge < -0.3 is 10.6 Å². The first-order valence-corrected chi connectivity index (χ1v) is 12.6. The molecule has 0 aliphatic carbocycles. The van der Waals surface area contributed by atoms with E-state index in [1.54, 1.807) is 24.3 Å². The van der Waals surface area contributed by atoms with E-state index in [0.717, 1.165) is 18.2 Å². The van der Waals surface area contributed by atoms with Crippen LogP contribution in [-0.2, 0) is 12.4 Å². The fourth-order valence-electron chi connectivity index (χ4n) is 4.18. The van der Waals surface area contributed by atoms with Crippen LogP contribution in [0.4, 0.5) is 32.0 Å². The highest BCUT2D eigenvalue weighted by atomic mass is 19.4. The number of aryl methyl sites for hydroxylation is 1. The third-order valence-electron chi connectivity index (χ3n) is 6.15. The molecule has 4 rings (SSSR count). The summed E-state index contributed by atoms with van der Waals surface area (Å²) in [6.45, 7) is 9.88. The van der Waals surface area contributed by atoms with Gasteiger partial charge in [0.2, 0.25) is 0 Å². The van der Waals surface area contributed by atoms with Gasteiger partial charge in [0.05, 0.1) is 11.1 Å². The summed E-state index contributed by atoms with van der Waals surface area (Å²) in [5, 5.41) is 6.02. The van der Waals surface area contributed by atoms with Crippen LogP contribution >= 0.6 is 0 Å². The lowest BCUT2D eigenvalue weighted by Gasteiger charge is -2.28. The maximum atomic E-state index is 13.6. The molecule has 0 aromatic heterocycles. The van der Waals surface area contributed by atoms with Crippen LogP contribution < -0.4 is 10.6 Å². The first-order chi connectivity index (χ1) is 18.4. The minimum Gasteiger partial charge on any atom is -0.359 e. The molecule has 0 amide bonds. The Balaban J connectivity index is 0.000000771. The summed E-state index contributed by atoms with van der Waals surface area (Å²) in [5.41, 5.74) is 0.535. The van der Waals surface area contributed by atoms with Crippen molar-refractivity contribution in [3.8, 4) is 0 Å². The zero-order valence-corrected chi connectivity index (χ0v) is 22.0. The zero-order valence-electron chi connectivity index (χ0n) is 22.0. The monoisotopic (exact) mass is 547 g/mol. The molecule has 3 aromatic rings. The number of aliphatic imine (C=N–C) groups is 1. The lowest BCUT2D eigenvalue weighted by molar-refractivity contribution is -0.138. The lowest BCUT2D eigenvalue weighted by atomic mass is 10.0. The minimum atomic E-state index is -4.57. The number of hydrogen-bond acceptors (Lipinski definition) is 3. The Kier molecular flexibility index (Phi) is 9.48. The highest BCUT2D eigenvalue weighted by Crippen LogP contribution is 2.38. The molecule has 3 nitrogen and oxygen atoms in total. The van der Waals surface area contributed by atoms with Crippen molar-refractivity contribution < 1.29 is 26.3 Å². The maximum Gasteiger partial charge on any atom is 0.416 e. The van der Waals surface area contributed by atoms with E-state index in [4.69, 9.17) is 0 Å². The largest absolute Gasteiger partial charge is 0.416 e. The molecule has 208 valence electrons. The summed E-state index contributed by atoms with van der Waals surface area (Å²) in [5.74, 6) is 0.251. The minimum absolute atomic E-state index is 0.0554. The first kappa shape index (κ1) is 29.8. The second-order valence-electron chi connectivity index (χ2n) is 9.14. The van der Waals surface area contributed by atoms with Crippen LogP contribution in [0, 0.1) is 6.92 Å². The van der Waals surface area contributed by atoms with Gasteiger partial charge in [0.1, 0.15) is 12.0 Å². The van der Waals surface area contributed by atoms with Crippen molar-refractivity contribution in [2.24, 2.45) is 4.99 Å². The molecular formula is C30H31F6N3. The van der Waals surface area contributed by atoms with Crippen LogP contribution in [0.2, 0.25) is 0 Å². The number of benzene rings is 3. The second-order valence-corrected chi connectivity index (χ2v) is 9.14. The van der Waals surface area contributed by atoms with Crippen molar-refractivity contribution in [2.45, 2.75) is 58.6 Å². The molecule has 9 heteroatoms. The summed E-state index contributed by atoms with van der Waals surface area (Å²) in [4.78, 5) is 4.47. The van der Waals surface area contributed by atoms with Gasteiger partial charge in [-0.1, -0.05) is 76.1 Å². The lowest BCUT2D eigenvalue weighted by Crippen LogP contribution is -2.30. The Labute approximate surface area is 224 Å². The average molecular weight is 548 g/mol. The Bertz CT molecular complexity index is 1320. The molecule has 1 atom stereocenters. The van der Waals surface area contributed by atoms with E-state index in [0.29, 0.717) is 22.4 Å². The van der Waals surface area contributed by atoms with Crippen molar-refractivity contribution >= 4 is 17.2 Å². The van der Waals surface area contributed by atoms with Gasteiger partial charge in [-0.2, -0.15) is 26.3 Å². The predicted octanol–water partition coefficient (Wildman–Crippen LogP) is 9.36. The van der Waals surface area contributed by atoms with Crippen molar-refractivity contribution in [2.75, 3.05) is 5.32 Å². The van der Waals surface area contributed by atoms with Crippen LogP contribution in [0.15, 0.2) is 78.3 Å². The third-order valence-corrected chi connectivity index (χ3v) is 6.15. The predicted molar refractivity (Wildman–Crippen MR) is 144 cm³/mol. The molecule has 39 heavy (non-hydrogen) atoms. The molecule has 1 unspecified atom stereocenters. The number of rotatable bonds is 5. The Hall–Kier alpha value is -3.75. The number of unbranched alkanes of at least 4 members (excludes halogenated alkanes) is 2. The number of hydrogen-bond donors (Lipinski definition) is 2. The van der Waals surface area contributed by atoms with Crippen molar-refractivity contribution in [1.82, 2.24) is 5.32 Å². The summed E-state index contributed by atoms with van der Waals surface area (Å²) < 4.78 is 79.9. The smallest absolute Gasteiger partial charge is 0.359 e. The van der Waals surface area contributed by atoms with Crippen molar-refractivity contribution in [3.05, 3.63) is 107 Å². The molecule has 0 radical (unpaired) electrons. The Morgan fingerprint density at radius 3 is 2.13 bits per heavy atom. The van der Waals surface area contributed by atoms with Gasteiger partial charge >= 0.3 is 12.4 Å². The van der Waals surface area contributed by atoms with Gasteiger partial charge in [-0.3, -0.25) is 0 Å². The summed E-state index contributed by atoms with van der Waals surface area (Å²) in [7, 11) is 0. The highest BCUT2D eigenvalue weighted by Gasteiger charge is 2.36. The first-order valence-electron chi connectivity index (χ1n) is 12.6. The molecule has 0 bridgehead atoms. The SMILES string of the molecule is C=C(NC1=NC(c2ccccc2C(F)(F)F)Nc2ccccc21)c1ccc(C(F)(F)F)cc1C.CCCCC. The molecule has 2 N–H and O–H groups in total. The van der Waals surface area contributed by atoms with Gasteiger partial charge in [-0.25, -0.2) is 4.99 Å². The van der Waals surface area contributed by atoms with Gasteiger partial charge in [-0.15, -0.1) is 0 Å². The molecule has 1 aliphatic rings. The fraction of sp³-hybridized carbons (Fsp3) is 0.300. The van der Waals surface area contributed by atoms with Gasteiger partial charge in [-0.05, 0) is 42.8 Å². The van der Waals surface area contributed by atoms with E-state index in [1.807, 2.05) is 0 Å². The number of halogens is 6. The molecule has 1 aliphatic heterocycles. The summed E-state index contributed by atoms with van der Waals surface area (Å²) >= 11 is 0. The second kappa shape index (κ2) is 12.4. The van der Waals surface area contributed by atoms with E-state index in [1.165, 1.54) is 50.5 Å². The average Bonchev–Trinajstić information content (AvgIpc) is 2.88. The molecule has 1 heterocycles. The van der Waals surface area contributed by atoms with Crippen LogP contribution in [-0.4, -0.2) is 5.84 Å². The molecular weight excluding hydrogens is 516 g/mol. The van der Waals surface area contributed by atoms with E-state index in [2.05, 4.69) is 36.1 Å².